The van der Waals surface area contributed by atoms with Gasteiger partial charge in [0.25, 0.3) is 11.8 Å². The number of rotatable bonds is 9. The molecule has 1 heterocycles. The van der Waals surface area contributed by atoms with Gasteiger partial charge >= 0.3 is 6.03 Å². The standard InChI is InChI=1S/C19H24N6O5/c1-11(20)17(28)24-14(3-2-10-22-19(21)30)18(29)23-12-4-6-13(7-5-12)25-15(26)8-9-16(25)27/h4-9,11,14H,2-3,10,20H2,1H3,(H,23,29)(H,24,28)(H3,21,22,30)/t11-,14-/m0/s1. The number of hydrogen-bond acceptors (Lipinski definition) is 6. The van der Waals surface area contributed by atoms with Crippen LogP contribution in [-0.4, -0.2) is 48.3 Å². The van der Waals surface area contributed by atoms with Gasteiger partial charge in [0.05, 0.1) is 11.7 Å². The molecule has 6 amide bonds. The summed E-state index contributed by atoms with van der Waals surface area (Å²) < 4.78 is 0. The lowest BCUT2D eigenvalue weighted by Crippen LogP contribution is -2.49. The first-order chi connectivity index (χ1) is 14.2. The van der Waals surface area contributed by atoms with Crippen LogP contribution in [0.15, 0.2) is 36.4 Å². The van der Waals surface area contributed by atoms with Gasteiger partial charge < -0.3 is 27.4 Å². The Labute approximate surface area is 172 Å². The second-order valence-corrected chi connectivity index (χ2v) is 6.66. The Morgan fingerprint density at radius 1 is 1.03 bits per heavy atom. The molecule has 0 saturated heterocycles. The second-order valence-electron chi connectivity index (χ2n) is 6.66. The smallest absolute Gasteiger partial charge is 0.312 e. The molecule has 2 rings (SSSR count). The van der Waals surface area contributed by atoms with Gasteiger partial charge in [-0.25, -0.2) is 9.69 Å². The van der Waals surface area contributed by atoms with Gasteiger partial charge in [0.2, 0.25) is 11.8 Å². The summed E-state index contributed by atoms with van der Waals surface area (Å²) in [5, 5.41) is 7.64. The van der Waals surface area contributed by atoms with E-state index in [1.54, 1.807) is 0 Å². The molecule has 160 valence electrons. The van der Waals surface area contributed by atoms with Crippen LogP contribution in [0.5, 0.6) is 0 Å². The summed E-state index contributed by atoms with van der Waals surface area (Å²) in [5.41, 5.74) is 11.3. The molecule has 0 aromatic heterocycles. The number of nitrogens with zero attached hydrogens (tertiary/aromatic N) is 1. The summed E-state index contributed by atoms with van der Waals surface area (Å²) in [6, 6.07) is 3.74. The molecule has 0 fully saturated rings. The molecule has 0 saturated carbocycles. The first-order valence-electron chi connectivity index (χ1n) is 9.25. The van der Waals surface area contributed by atoms with E-state index < -0.39 is 41.7 Å². The van der Waals surface area contributed by atoms with Gasteiger partial charge in [0.1, 0.15) is 6.04 Å². The van der Waals surface area contributed by atoms with Crippen molar-refractivity contribution in [1.29, 1.82) is 0 Å². The van der Waals surface area contributed by atoms with Gasteiger partial charge in [0, 0.05) is 24.4 Å². The number of amides is 6. The van der Waals surface area contributed by atoms with E-state index in [1.807, 2.05) is 0 Å². The first kappa shape index (κ1) is 22.6. The predicted octanol–water partition coefficient (Wildman–Crippen LogP) is -0.665. The largest absolute Gasteiger partial charge is 0.352 e. The van der Waals surface area contributed by atoms with Crippen molar-refractivity contribution >= 4 is 41.0 Å². The van der Waals surface area contributed by atoms with Crippen LogP contribution in [-0.2, 0) is 19.2 Å². The lowest BCUT2D eigenvalue weighted by molar-refractivity contribution is -0.127. The molecule has 2 atom stereocenters. The van der Waals surface area contributed by atoms with Crippen molar-refractivity contribution in [1.82, 2.24) is 10.6 Å². The summed E-state index contributed by atoms with van der Waals surface area (Å²) in [5.74, 6) is -1.86. The summed E-state index contributed by atoms with van der Waals surface area (Å²) in [6.45, 7) is 1.74. The zero-order valence-electron chi connectivity index (χ0n) is 16.4. The third-order valence-corrected chi connectivity index (χ3v) is 4.22. The summed E-state index contributed by atoms with van der Waals surface area (Å²) in [4.78, 5) is 59.8. The number of carbonyl (C=O) groups excluding carboxylic acids is 5. The van der Waals surface area contributed by atoms with E-state index in [0.717, 1.165) is 4.90 Å². The quantitative estimate of drug-likeness (QED) is 0.263. The number of nitrogens with two attached hydrogens (primary N) is 2. The molecule has 0 unspecified atom stereocenters. The van der Waals surface area contributed by atoms with Gasteiger partial charge in [-0.1, -0.05) is 0 Å². The number of imide groups is 1. The molecule has 0 spiro atoms. The van der Waals surface area contributed by atoms with Crippen LogP contribution in [0.1, 0.15) is 19.8 Å². The summed E-state index contributed by atoms with van der Waals surface area (Å²) >= 11 is 0. The fourth-order valence-electron chi connectivity index (χ4n) is 2.67. The van der Waals surface area contributed by atoms with Gasteiger partial charge in [-0.3, -0.25) is 19.2 Å². The highest BCUT2D eigenvalue weighted by Gasteiger charge is 2.25. The van der Waals surface area contributed by atoms with Crippen molar-refractivity contribution in [3.8, 4) is 0 Å². The zero-order chi connectivity index (χ0) is 22.3. The molecule has 7 N–H and O–H groups in total. The van der Waals surface area contributed by atoms with Crippen LogP contribution in [0.3, 0.4) is 0 Å². The maximum absolute atomic E-state index is 12.6. The SMILES string of the molecule is C[C@H](N)C(=O)N[C@@H](CCCNC(N)=O)C(=O)Nc1ccc(N2C(=O)C=CC2=O)cc1. The molecule has 1 aliphatic heterocycles. The molecule has 30 heavy (non-hydrogen) atoms. The Bertz CT molecular complexity index is 847. The molecule has 1 aromatic carbocycles. The normalized spacial score (nSPS) is 14.9. The highest BCUT2D eigenvalue weighted by molar-refractivity contribution is 6.28. The van der Waals surface area contributed by atoms with Crippen LogP contribution in [0.4, 0.5) is 16.2 Å². The molecule has 0 aliphatic carbocycles. The van der Waals surface area contributed by atoms with E-state index in [1.165, 1.54) is 43.3 Å². The van der Waals surface area contributed by atoms with Gasteiger partial charge in [0.15, 0.2) is 0 Å². The van der Waals surface area contributed by atoms with Crippen molar-refractivity contribution in [2.24, 2.45) is 11.5 Å². The van der Waals surface area contributed by atoms with E-state index in [0.29, 0.717) is 17.8 Å². The Hall–Kier alpha value is -3.73. The van der Waals surface area contributed by atoms with E-state index in [2.05, 4.69) is 16.0 Å². The maximum atomic E-state index is 12.6. The average Bonchev–Trinajstić information content (AvgIpc) is 3.02. The second kappa shape index (κ2) is 10.2. The number of urea groups is 1. The number of primary amides is 1. The Kier molecular flexibility index (Phi) is 7.64. The topological polar surface area (TPSA) is 177 Å². The van der Waals surface area contributed by atoms with E-state index >= 15 is 0 Å². The van der Waals surface area contributed by atoms with Gasteiger partial charge in [-0.2, -0.15) is 0 Å². The maximum Gasteiger partial charge on any atom is 0.312 e. The predicted molar refractivity (Wildman–Crippen MR) is 109 cm³/mol. The van der Waals surface area contributed by atoms with Gasteiger partial charge in [-0.05, 0) is 44.0 Å². The minimum atomic E-state index is -0.885. The van der Waals surface area contributed by atoms with E-state index in [-0.39, 0.29) is 13.0 Å². The van der Waals surface area contributed by atoms with Crippen molar-refractivity contribution in [2.75, 3.05) is 16.8 Å². The Balaban J connectivity index is 2.02. The summed E-state index contributed by atoms with van der Waals surface area (Å²) in [6.07, 6.45) is 2.99. The van der Waals surface area contributed by atoms with Crippen molar-refractivity contribution < 1.29 is 24.0 Å². The van der Waals surface area contributed by atoms with Crippen LogP contribution in [0, 0.1) is 0 Å². The Morgan fingerprint density at radius 2 is 1.63 bits per heavy atom. The molecule has 1 aliphatic rings. The van der Waals surface area contributed by atoms with E-state index in [4.69, 9.17) is 11.5 Å². The number of hydrogen-bond donors (Lipinski definition) is 5. The van der Waals surface area contributed by atoms with Crippen LogP contribution < -0.4 is 32.3 Å². The van der Waals surface area contributed by atoms with Crippen LogP contribution in [0.25, 0.3) is 0 Å². The third-order valence-electron chi connectivity index (χ3n) is 4.22. The molecule has 0 radical (unpaired) electrons. The molecular weight excluding hydrogens is 392 g/mol. The summed E-state index contributed by atoms with van der Waals surface area (Å²) in [7, 11) is 0. The molecule has 0 bridgehead atoms. The lowest BCUT2D eigenvalue weighted by atomic mass is 10.1. The minimum Gasteiger partial charge on any atom is -0.352 e. The fourth-order valence-corrected chi connectivity index (χ4v) is 2.67. The zero-order valence-corrected chi connectivity index (χ0v) is 16.4. The third kappa shape index (κ3) is 6.14. The van der Waals surface area contributed by atoms with Crippen LogP contribution >= 0.6 is 0 Å². The van der Waals surface area contributed by atoms with Crippen molar-refractivity contribution in [2.45, 2.75) is 31.8 Å². The number of nitrogens with one attached hydrogen (secondary N) is 3. The van der Waals surface area contributed by atoms with Gasteiger partial charge in [-0.15, -0.1) is 0 Å². The molecular formula is C19H24N6O5. The highest BCUT2D eigenvalue weighted by atomic mass is 16.2. The number of anilines is 2. The molecule has 11 heteroatoms. The van der Waals surface area contributed by atoms with E-state index in [9.17, 15) is 24.0 Å². The monoisotopic (exact) mass is 416 g/mol. The van der Waals surface area contributed by atoms with Crippen molar-refractivity contribution in [3.63, 3.8) is 0 Å². The lowest BCUT2D eigenvalue weighted by Gasteiger charge is -2.20. The minimum absolute atomic E-state index is 0.241. The average molecular weight is 416 g/mol. The number of carbonyl (C=O) groups is 5. The van der Waals surface area contributed by atoms with Crippen LogP contribution in [0.2, 0.25) is 0 Å². The Morgan fingerprint density at radius 3 is 2.17 bits per heavy atom. The molecule has 1 aromatic rings. The van der Waals surface area contributed by atoms with Crippen molar-refractivity contribution in [3.05, 3.63) is 36.4 Å². The first-order valence-corrected chi connectivity index (χ1v) is 9.25. The number of benzene rings is 1. The highest BCUT2D eigenvalue weighted by Crippen LogP contribution is 2.21. The molecule has 11 nitrogen and oxygen atoms in total. The fraction of sp³-hybridized carbons (Fsp3) is 0.316.